The number of thioether (sulfide) groups is 2. The lowest BCUT2D eigenvalue weighted by Gasteiger charge is -2.40. The molecule has 5 heteroatoms. The SMILES string of the molecule is Cn1c([C@H](O)C2(c3cccnc3)SCCCS2)cc2ccccc21. The molecule has 0 bridgehead atoms. The van der Waals surface area contributed by atoms with Crippen LogP contribution in [0.5, 0.6) is 0 Å². The van der Waals surface area contributed by atoms with Crippen LogP contribution >= 0.6 is 23.5 Å². The smallest absolute Gasteiger partial charge is 0.122 e. The molecule has 1 saturated heterocycles. The summed E-state index contributed by atoms with van der Waals surface area (Å²) in [5.41, 5.74) is 3.21. The first-order valence-electron chi connectivity index (χ1n) is 8.13. The van der Waals surface area contributed by atoms with Gasteiger partial charge in [0.1, 0.15) is 10.2 Å². The van der Waals surface area contributed by atoms with E-state index in [2.05, 4.69) is 33.8 Å². The minimum Gasteiger partial charge on any atom is -0.384 e. The molecule has 2 aromatic heterocycles. The van der Waals surface area contributed by atoms with Gasteiger partial charge in [0.15, 0.2) is 0 Å². The number of aliphatic hydroxyl groups is 1. The molecule has 1 N–H and O–H groups in total. The molecule has 1 fully saturated rings. The molecular weight excluding hydrogens is 336 g/mol. The molecule has 1 atom stereocenters. The van der Waals surface area contributed by atoms with E-state index < -0.39 is 10.2 Å². The molecule has 3 heterocycles. The standard InChI is InChI=1S/C19H20N2OS2/c1-21-16-8-3-2-6-14(16)12-17(21)18(22)19(23-10-5-11-24-19)15-7-4-9-20-13-15/h2-4,6-9,12-13,18,22H,5,10-11H2,1H3/t18-/m0/s1. The zero-order valence-corrected chi connectivity index (χ0v) is 15.2. The molecule has 1 aliphatic heterocycles. The number of hydrogen-bond donors (Lipinski definition) is 1. The number of para-hydroxylation sites is 1. The van der Waals surface area contributed by atoms with Crippen molar-refractivity contribution in [3.05, 3.63) is 66.1 Å². The lowest BCUT2D eigenvalue weighted by atomic mass is 10.1. The highest BCUT2D eigenvalue weighted by atomic mass is 32.2. The zero-order chi connectivity index (χ0) is 16.6. The third-order valence-corrected chi connectivity index (χ3v) is 8.08. The highest BCUT2D eigenvalue weighted by Gasteiger charge is 2.44. The van der Waals surface area contributed by atoms with E-state index in [4.69, 9.17) is 0 Å². The first-order valence-corrected chi connectivity index (χ1v) is 10.1. The molecule has 0 aliphatic carbocycles. The number of benzene rings is 1. The molecule has 0 unspecified atom stereocenters. The van der Waals surface area contributed by atoms with Gasteiger partial charge >= 0.3 is 0 Å². The molecule has 24 heavy (non-hydrogen) atoms. The van der Waals surface area contributed by atoms with Crippen molar-refractivity contribution in [2.75, 3.05) is 11.5 Å². The second-order valence-electron chi connectivity index (χ2n) is 6.05. The third kappa shape index (κ3) is 2.55. The van der Waals surface area contributed by atoms with E-state index in [0.29, 0.717) is 0 Å². The van der Waals surface area contributed by atoms with E-state index in [1.54, 1.807) is 6.20 Å². The number of fused-ring (bicyclic) bond motifs is 1. The molecule has 1 aromatic carbocycles. The highest BCUT2D eigenvalue weighted by Crippen LogP contribution is 2.57. The lowest BCUT2D eigenvalue weighted by Crippen LogP contribution is -2.31. The van der Waals surface area contributed by atoms with E-state index in [1.807, 2.05) is 55.0 Å². The Bertz CT molecular complexity index is 841. The summed E-state index contributed by atoms with van der Waals surface area (Å²) in [5.74, 6) is 2.12. The van der Waals surface area contributed by atoms with Gasteiger partial charge in [-0.05, 0) is 47.1 Å². The molecule has 0 amide bonds. The Morgan fingerprint density at radius 3 is 2.67 bits per heavy atom. The summed E-state index contributed by atoms with van der Waals surface area (Å²) in [5, 5.41) is 12.6. The van der Waals surface area contributed by atoms with Gasteiger partial charge in [-0.1, -0.05) is 24.3 Å². The van der Waals surface area contributed by atoms with Crippen molar-refractivity contribution in [3.63, 3.8) is 0 Å². The summed E-state index contributed by atoms with van der Waals surface area (Å²) in [7, 11) is 2.04. The van der Waals surface area contributed by atoms with E-state index in [9.17, 15) is 5.11 Å². The molecule has 1 aliphatic rings. The largest absolute Gasteiger partial charge is 0.384 e. The van der Waals surface area contributed by atoms with Crippen LogP contribution in [0.4, 0.5) is 0 Å². The number of aryl methyl sites for hydroxylation is 1. The van der Waals surface area contributed by atoms with E-state index >= 15 is 0 Å². The van der Waals surface area contributed by atoms with E-state index in [0.717, 1.165) is 28.3 Å². The minimum atomic E-state index is -0.589. The summed E-state index contributed by atoms with van der Waals surface area (Å²) < 4.78 is 1.72. The second kappa shape index (κ2) is 6.47. The van der Waals surface area contributed by atoms with Gasteiger partial charge < -0.3 is 9.67 Å². The molecular formula is C19H20N2OS2. The fourth-order valence-corrected chi connectivity index (χ4v) is 6.70. The van der Waals surface area contributed by atoms with Crippen LogP contribution in [0, 0.1) is 0 Å². The van der Waals surface area contributed by atoms with Crippen molar-refractivity contribution in [2.45, 2.75) is 16.6 Å². The van der Waals surface area contributed by atoms with Crippen LogP contribution in [-0.2, 0) is 11.1 Å². The fraction of sp³-hybridized carbons (Fsp3) is 0.316. The summed E-state index contributed by atoms with van der Waals surface area (Å²) in [6, 6.07) is 14.4. The molecule has 4 rings (SSSR count). The number of aliphatic hydroxyl groups excluding tert-OH is 1. The Morgan fingerprint density at radius 2 is 1.96 bits per heavy atom. The maximum atomic E-state index is 11.4. The normalized spacial score (nSPS) is 18.6. The van der Waals surface area contributed by atoms with Gasteiger partial charge in [0.25, 0.3) is 0 Å². The lowest BCUT2D eigenvalue weighted by molar-refractivity contribution is 0.155. The summed E-state index contributed by atoms with van der Waals surface area (Å²) in [6.45, 7) is 0. The number of hydrogen-bond acceptors (Lipinski definition) is 4. The summed E-state index contributed by atoms with van der Waals surface area (Å²) in [6.07, 6.45) is 4.28. The maximum Gasteiger partial charge on any atom is 0.122 e. The number of pyridine rings is 1. The van der Waals surface area contributed by atoms with Crippen molar-refractivity contribution in [3.8, 4) is 0 Å². The maximum absolute atomic E-state index is 11.4. The van der Waals surface area contributed by atoms with Crippen LogP contribution in [-0.4, -0.2) is 26.2 Å². The van der Waals surface area contributed by atoms with E-state index in [-0.39, 0.29) is 0 Å². The third-order valence-electron chi connectivity index (χ3n) is 4.61. The molecule has 124 valence electrons. The average Bonchev–Trinajstić information content (AvgIpc) is 2.99. The predicted octanol–water partition coefficient (Wildman–Crippen LogP) is 4.33. The zero-order valence-electron chi connectivity index (χ0n) is 13.6. The summed E-state index contributed by atoms with van der Waals surface area (Å²) in [4.78, 5) is 4.30. The van der Waals surface area contributed by atoms with Gasteiger partial charge in [-0.15, -0.1) is 23.5 Å². The van der Waals surface area contributed by atoms with Gasteiger partial charge in [-0.3, -0.25) is 4.98 Å². The highest BCUT2D eigenvalue weighted by molar-refractivity contribution is 8.18. The van der Waals surface area contributed by atoms with Gasteiger partial charge in [0.05, 0.1) is 0 Å². The monoisotopic (exact) mass is 356 g/mol. The first kappa shape index (κ1) is 16.1. The average molecular weight is 357 g/mol. The van der Waals surface area contributed by atoms with E-state index in [1.165, 1.54) is 11.8 Å². The Morgan fingerprint density at radius 1 is 1.17 bits per heavy atom. The van der Waals surface area contributed by atoms with Gasteiger partial charge in [-0.25, -0.2) is 0 Å². The first-order chi connectivity index (χ1) is 11.7. The fourth-order valence-electron chi connectivity index (χ4n) is 3.37. The van der Waals surface area contributed by atoms with Crippen LogP contribution in [0.2, 0.25) is 0 Å². The van der Waals surface area contributed by atoms with Crippen molar-refractivity contribution in [2.24, 2.45) is 7.05 Å². The molecule has 3 aromatic rings. The quantitative estimate of drug-likeness (QED) is 0.758. The minimum absolute atomic E-state index is 0.394. The number of aromatic nitrogens is 2. The van der Waals surface area contributed by atoms with Crippen LogP contribution in [0.3, 0.4) is 0 Å². The number of nitrogens with zero attached hydrogens (tertiary/aromatic N) is 2. The van der Waals surface area contributed by atoms with Crippen LogP contribution in [0.1, 0.15) is 23.8 Å². The van der Waals surface area contributed by atoms with Crippen LogP contribution < -0.4 is 0 Å². The Hall–Kier alpha value is -1.43. The van der Waals surface area contributed by atoms with Crippen LogP contribution in [0.25, 0.3) is 10.9 Å². The van der Waals surface area contributed by atoms with Crippen molar-refractivity contribution in [1.29, 1.82) is 0 Å². The molecule has 3 nitrogen and oxygen atoms in total. The van der Waals surface area contributed by atoms with Gasteiger partial charge in [-0.2, -0.15) is 0 Å². The van der Waals surface area contributed by atoms with Crippen molar-refractivity contribution >= 4 is 34.4 Å². The Balaban J connectivity index is 1.84. The molecule has 0 saturated carbocycles. The van der Waals surface area contributed by atoms with Gasteiger partial charge in [0, 0.05) is 30.7 Å². The Labute approximate surface area is 150 Å². The van der Waals surface area contributed by atoms with Gasteiger partial charge in [0.2, 0.25) is 0 Å². The predicted molar refractivity (Wildman–Crippen MR) is 103 cm³/mol. The molecule has 0 radical (unpaired) electrons. The summed E-state index contributed by atoms with van der Waals surface area (Å²) >= 11 is 3.69. The second-order valence-corrected chi connectivity index (χ2v) is 8.99. The molecule has 0 spiro atoms. The van der Waals surface area contributed by atoms with Crippen molar-refractivity contribution in [1.82, 2.24) is 9.55 Å². The number of rotatable bonds is 3. The topological polar surface area (TPSA) is 38.0 Å². The van der Waals surface area contributed by atoms with Crippen molar-refractivity contribution < 1.29 is 5.11 Å². The Kier molecular flexibility index (Phi) is 4.33. The van der Waals surface area contributed by atoms with Crippen LogP contribution in [0.15, 0.2) is 54.9 Å².